The Hall–Kier alpha value is -1.24. The highest BCUT2D eigenvalue weighted by Crippen LogP contribution is 2.26. The Morgan fingerprint density at radius 2 is 2.00 bits per heavy atom. The van der Waals surface area contributed by atoms with Crippen LogP contribution in [-0.4, -0.2) is 27.8 Å². The number of thioether (sulfide) groups is 1. The van der Waals surface area contributed by atoms with E-state index >= 15 is 0 Å². The van der Waals surface area contributed by atoms with Gasteiger partial charge in [0.05, 0.1) is 15.8 Å². The molecule has 0 saturated carbocycles. The molecular weight excluding hydrogens is 299 g/mol. The van der Waals surface area contributed by atoms with Crippen LogP contribution in [0.1, 0.15) is 0 Å². The number of nitrogens with zero attached hydrogens (tertiary/aromatic N) is 1. The number of hydrogen-bond donors (Lipinski definition) is 1. The quantitative estimate of drug-likeness (QED) is 0.865. The number of hydrogen-bond acceptors (Lipinski definition) is 4. The van der Waals surface area contributed by atoms with Crippen molar-refractivity contribution in [1.29, 1.82) is 0 Å². The molecule has 0 atom stereocenters. The van der Waals surface area contributed by atoms with Gasteiger partial charge in [-0.25, -0.2) is 4.79 Å². The van der Waals surface area contributed by atoms with Crippen LogP contribution in [0.4, 0.5) is 15.3 Å². The molecule has 0 aromatic heterocycles. The highest BCUT2D eigenvalue weighted by molar-refractivity contribution is 8.14. The first-order chi connectivity index (χ1) is 8.49. The fourth-order valence-corrected chi connectivity index (χ4v) is 2.29. The maximum atomic E-state index is 11.7. The van der Waals surface area contributed by atoms with Crippen LogP contribution in [0.25, 0.3) is 0 Å². The largest absolute Gasteiger partial charge is 0.336 e. The number of anilines is 1. The Kier molecular flexibility index (Phi) is 3.79. The van der Waals surface area contributed by atoms with Crippen LogP contribution in [0.15, 0.2) is 18.2 Å². The lowest BCUT2D eigenvalue weighted by Gasteiger charge is -2.12. The lowest BCUT2D eigenvalue weighted by Crippen LogP contribution is -2.38. The molecule has 18 heavy (non-hydrogen) atoms. The number of benzene rings is 1. The summed E-state index contributed by atoms with van der Waals surface area (Å²) in [5.41, 5.74) is 0.354. The van der Waals surface area contributed by atoms with Crippen LogP contribution in [0, 0.1) is 0 Å². The van der Waals surface area contributed by atoms with Gasteiger partial charge in [-0.15, -0.1) is 0 Å². The second-order valence-corrected chi connectivity index (χ2v) is 5.08. The fourth-order valence-electron chi connectivity index (χ4n) is 1.30. The highest BCUT2D eigenvalue weighted by atomic mass is 35.5. The molecule has 1 N–H and O–H groups in total. The van der Waals surface area contributed by atoms with Gasteiger partial charge in [0.25, 0.3) is 5.24 Å². The molecule has 0 unspecified atom stereocenters. The SMILES string of the molecule is O=C1CSC(=O)N1C(=O)Nc1ccc(Cl)c(Cl)c1. The molecule has 0 radical (unpaired) electrons. The zero-order chi connectivity index (χ0) is 13.3. The molecule has 1 aromatic rings. The van der Waals surface area contributed by atoms with E-state index in [9.17, 15) is 14.4 Å². The van der Waals surface area contributed by atoms with Crippen LogP contribution in [-0.2, 0) is 4.79 Å². The van der Waals surface area contributed by atoms with E-state index < -0.39 is 17.2 Å². The maximum absolute atomic E-state index is 11.7. The minimum Gasteiger partial charge on any atom is -0.307 e. The summed E-state index contributed by atoms with van der Waals surface area (Å²) in [7, 11) is 0. The predicted molar refractivity (Wildman–Crippen MR) is 70.2 cm³/mol. The fraction of sp³-hybridized carbons (Fsp3) is 0.100. The van der Waals surface area contributed by atoms with E-state index in [1.165, 1.54) is 18.2 Å². The molecule has 1 aromatic carbocycles. The normalized spacial score (nSPS) is 15.1. The van der Waals surface area contributed by atoms with Crippen LogP contribution in [0.2, 0.25) is 10.0 Å². The summed E-state index contributed by atoms with van der Waals surface area (Å²) in [6.07, 6.45) is 0. The van der Waals surface area contributed by atoms with E-state index in [-0.39, 0.29) is 10.8 Å². The summed E-state index contributed by atoms with van der Waals surface area (Å²) in [6, 6.07) is 3.65. The third-order valence-corrected chi connectivity index (χ3v) is 3.68. The van der Waals surface area contributed by atoms with E-state index in [0.717, 1.165) is 11.8 Å². The molecule has 2 rings (SSSR count). The average molecular weight is 305 g/mol. The van der Waals surface area contributed by atoms with Gasteiger partial charge in [0.2, 0.25) is 5.91 Å². The molecular formula is C10H6Cl2N2O3S. The Morgan fingerprint density at radius 1 is 1.28 bits per heavy atom. The first kappa shape index (κ1) is 13.2. The van der Waals surface area contributed by atoms with Crippen molar-refractivity contribution in [3.63, 3.8) is 0 Å². The standard InChI is InChI=1S/C10H6Cl2N2O3S/c11-6-2-1-5(3-7(6)12)13-9(16)14-8(15)4-18-10(14)17/h1-3H,4H2,(H,13,16). The van der Waals surface area contributed by atoms with Gasteiger partial charge in [-0.1, -0.05) is 35.0 Å². The number of nitrogens with one attached hydrogen (secondary N) is 1. The summed E-state index contributed by atoms with van der Waals surface area (Å²) in [4.78, 5) is 34.9. The monoisotopic (exact) mass is 304 g/mol. The average Bonchev–Trinajstić information content (AvgIpc) is 2.64. The van der Waals surface area contributed by atoms with Crippen LogP contribution < -0.4 is 5.32 Å². The highest BCUT2D eigenvalue weighted by Gasteiger charge is 2.35. The van der Waals surface area contributed by atoms with Crippen LogP contribution >= 0.6 is 35.0 Å². The number of rotatable bonds is 1. The molecule has 94 valence electrons. The molecule has 1 saturated heterocycles. The molecule has 0 aliphatic carbocycles. The van der Waals surface area contributed by atoms with Gasteiger partial charge in [0, 0.05) is 5.69 Å². The van der Waals surface area contributed by atoms with Crippen molar-refractivity contribution in [2.75, 3.05) is 11.1 Å². The van der Waals surface area contributed by atoms with Gasteiger partial charge >= 0.3 is 6.03 Å². The Labute approximate surface area is 116 Å². The number of halogens is 2. The van der Waals surface area contributed by atoms with Crippen molar-refractivity contribution >= 4 is 57.8 Å². The van der Waals surface area contributed by atoms with E-state index in [2.05, 4.69) is 5.32 Å². The van der Waals surface area contributed by atoms with Crippen molar-refractivity contribution in [2.45, 2.75) is 0 Å². The number of carbonyl (C=O) groups is 3. The van der Waals surface area contributed by atoms with Gasteiger partial charge < -0.3 is 5.32 Å². The van der Waals surface area contributed by atoms with Crippen molar-refractivity contribution in [2.24, 2.45) is 0 Å². The second-order valence-electron chi connectivity index (χ2n) is 3.34. The van der Waals surface area contributed by atoms with Gasteiger partial charge in [0.15, 0.2) is 0 Å². The number of urea groups is 1. The summed E-state index contributed by atoms with van der Waals surface area (Å²) >= 11 is 12.3. The smallest absolute Gasteiger partial charge is 0.307 e. The topological polar surface area (TPSA) is 66.5 Å². The minimum atomic E-state index is -0.798. The lowest BCUT2D eigenvalue weighted by atomic mass is 10.3. The molecule has 8 heteroatoms. The Morgan fingerprint density at radius 3 is 2.56 bits per heavy atom. The van der Waals surface area contributed by atoms with Gasteiger partial charge in [-0.3, -0.25) is 9.59 Å². The third kappa shape index (κ3) is 2.60. The number of carbonyl (C=O) groups excluding carboxylic acids is 3. The molecule has 0 bridgehead atoms. The number of imide groups is 3. The van der Waals surface area contributed by atoms with Crippen molar-refractivity contribution in [1.82, 2.24) is 4.90 Å². The summed E-state index contributed by atoms with van der Waals surface area (Å²) in [6.45, 7) is 0. The third-order valence-electron chi connectivity index (χ3n) is 2.13. The summed E-state index contributed by atoms with van der Waals surface area (Å²) in [5.74, 6) is -0.560. The van der Waals surface area contributed by atoms with E-state index in [1.807, 2.05) is 0 Å². The molecule has 0 spiro atoms. The molecule has 1 fully saturated rings. The van der Waals surface area contributed by atoms with Crippen molar-refractivity contribution in [3.05, 3.63) is 28.2 Å². The Bertz CT molecular complexity index is 534. The Balaban J connectivity index is 2.14. The van der Waals surface area contributed by atoms with Gasteiger partial charge in [-0.2, -0.15) is 4.90 Å². The molecule has 5 nitrogen and oxygen atoms in total. The van der Waals surface area contributed by atoms with E-state index in [4.69, 9.17) is 23.2 Å². The van der Waals surface area contributed by atoms with E-state index in [1.54, 1.807) is 0 Å². The summed E-state index contributed by atoms with van der Waals surface area (Å²) in [5, 5.41) is 2.43. The minimum absolute atomic E-state index is 0.0202. The van der Waals surface area contributed by atoms with Gasteiger partial charge in [-0.05, 0) is 18.2 Å². The first-order valence-electron chi connectivity index (χ1n) is 4.75. The predicted octanol–water partition coefficient (Wildman–Crippen LogP) is 3.22. The molecule has 1 heterocycles. The van der Waals surface area contributed by atoms with Gasteiger partial charge in [0.1, 0.15) is 0 Å². The maximum Gasteiger partial charge on any atom is 0.336 e. The zero-order valence-corrected chi connectivity index (χ0v) is 11.1. The summed E-state index contributed by atoms with van der Waals surface area (Å²) < 4.78 is 0. The zero-order valence-electron chi connectivity index (χ0n) is 8.78. The molecule has 1 aliphatic heterocycles. The molecule has 4 amide bonds. The number of amides is 4. The lowest BCUT2D eigenvalue weighted by molar-refractivity contribution is -0.122. The van der Waals surface area contributed by atoms with Crippen molar-refractivity contribution in [3.8, 4) is 0 Å². The molecule has 1 aliphatic rings. The van der Waals surface area contributed by atoms with Crippen molar-refractivity contribution < 1.29 is 14.4 Å². The van der Waals surface area contributed by atoms with Crippen LogP contribution in [0.3, 0.4) is 0 Å². The first-order valence-corrected chi connectivity index (χ1v) is 6.49. The van der Waals surface area contributed by atoms with Crippen LogP contribution in [0.5, 0.6) is 0 Å². The van der Waals surface area contributed by atoms with E-state index in [0.29, 0.717) is 15.6 Å². The second kappa shape index (κ2) is 5.17.